The van der Waals surface area contributed by atoms with Crippen LogP contribution in [0.3, 0.4) is 0 Å². The Balaban J connectivity index is 0.00000288. The Bertz CT molecular complexity index is 654. The molecule has 0 aliphatic heterocycles. The first-order valence-electron chi connectivity index (χ1n) is 7.93. The van der Waals surface area contributed by atoms with E-state index < -0.39 is 0 Å². The van der Waals surface area contributed by atoms with Crippen LogP contribution in [0.1, 0.15) is 23.7 Å². The van der Waals surface area contributed by atoms with Crippen molar-refractivity contribution in [2.75, 3.05) is 13.6 Å². The number of guanidine groups is 1. The van der Waals surface area contributed by atoms with Gasteiger partial charge in [0.2, 0.25) is 0 Å². The van der Waals surface area contributed by atoms with Gasteiger partial charge in [-0.2, -0.15) is 0 Å². The van der Waals surface area contributed by atoms with E-state index in [9.17, 15) is 5.11 Å². The molecular formula is C18H27IN4O. The second-order valence-corrected chi connectivity index (χ2v) is 5.56. The standard InChI is InChI=1S/C18H26N4O.HI/c1-4-19-18(22(3)13-17-10-7-11-21(17)2)20-12-15-8-5-6-9-16(15)14-23;/h5-11,23H,4,12-14H2,1-3H3,(H,19,20);1H. The quantitative estimate of drug-likeness (QED) is 0.411. The van der Waals surface area contributed by atoms with Crippen molar-refractivity contribution in [2.45, 2.75) is 26.6 Å². The van der Waals surface area contributed by atoms with Crippen molar-refractivity contribution in [3.63, 3.8) is 0 Å². The predicted octanol–water partition coefficient (Wildman–Crippen LogP) is 2.73. The summed E-state index contributed by atoms with van der Waals surface area (Å²) in [4.78, 5) is 6.83. The first kappa shape index (κ1) is 20.5. The summed E-state index contributed by atoms with van der Waals surface area (Å²) in [5.41, 5.74) is 3.21. The Kier molecular flexibility index (Phi) is 8.84. The molecule has 0 radical (unpaired) electrons. The SMILES string of the molecule is CCNC(=NCc1ccccc1CO)N(C)Cc1cccn1C.I. The van der Waals surface area contributed by atoms with Crippen LogP contribution in [0.15, 0.2) is 47.6 Å². The zero-order valence-electron chi connectivity index (χ0n) is 14.6. The van der Waals surface area contributed by atoms with E-state index >= 15 is 0 Å². The van der Waals surface area contributed by atoms with E-state index in [4.69, 9.17) is 4.99 Å². The van der Waals surface area contributed by atoms with Crippen molar-refractivity contribution >= 4 is 29.9 Å². The summed E-state index contributed by atoms with van der Waals surface area (Å²) >= 11 is 0. The molecule has 0 amide bonds. The number of hydrogen-bond acceptors (Lipinski definition) is 2. The van der Waals surface area contributed by atoms with Gasteiger partial charge in [0.25, 0.3) is 0 Å². The molecule has 0 aliphatic rings. The van der Waals surface area contributed by atoms with E-state index in [1.165, 1.54) is 5.69 Å². The Hall–Kier alpha value is -1.54. The minimum atomic E-state index is 0. The molecule has 0 spiro atoms. The van der Waals surface area contributed by atoms with Gasteiger partial charge in [0, 0.05) is 32.5 Å². The second kappa shape index (κ2) is 10.4. The Morgan fingerprint density at radius 3 is 2.50 bits per heavy atom. The first-order chi connectivity index (χ1) is 11.2. The van der Waals surface area contributed by atoms with Crippen LogP contribution in [0.2, 0.25) is 0 Å². The first-order valence-corrected chi connectivity index (χ1v) is 7.93. The lowest BCUT2D eigenvalue weighted by Gasteiger charge is -2.22. The fourth-order valence-corrected chi connectivity index (χ4v) is 2.47. The van der Waals surface area contributed by atoms with Gasteiger partial charge in [0.1, 0.15) is 0 Å². The van der Waals surface area contributed by atoms with E-state index in [0.717, 1.165) is 30.2 Å². The Morgan fingerprint density at radius 1 is 1.21 bits per heavy atom. The fourth-order valence-electron chi connectivity index (χ4n) is 2.47. The highest BCUT2D eigenvalue weighted by atomic mass is 127. The van der Waals surface area contributed by atoms with E-state index in [-0.39, 0.29) is 30.6 Å². The molecule has 2 rings (SSSR count). The van der Waals surface area contributed by atoms with Gasteiger partial charge in [-0.15, -0.1) is 24.0 Å². The molecule has 1 heterocycles. The maximum absolute atomic E-state index is 9.42. The molecular weight excluding hydrogens is 415 g/mol. The number of aromatic nitrogens is 1. The number of aliphatic hydroxyl groups excluding tert-OH is 1. The highest BCUT2D eigenvalue weighted by Gasteiger charge is 2.08. The number of rotatable bonds is 6. The van der Waals surface area contributed by atoms with E-state index in [0.29, 0.717) is 6.54 Å². The number of nitrogens with zero attached hydrogens (tertiary/aromatic N) is 3. The smallest absolute Gasteiger partial charge is 0.194 e. The number of aliphatic hydroxyl groups is 1. The summed E-state index contributed by atoms with van der Waals surface area (Å²) < 4.78 is 2.11. The lowest BCUT2D eigenvalue weighted by atomic mass is 10.1. The van der Waals surface area contributed by atoms with Gasteiger partial charge in [-0.3, -0.25) is 0 Å². The van der Waals surface area contributed by atoms with Crippen LogP contribution in [-0.4, -0.2) is 34.1 Å². The zero-order valence-corrected chi connectivity index (χ0v) is 16.9. The van der Waals surface area contributed by atoms with Crippen LogP contribution >= 0.6 is 24.0 Å². The van der Waals surface area contributed by atoms with E-state index in [1.54, 1.807) is 0 Å². The minimum Gasteiger partial charge on any atom is -0.392 e. The second-order valence-electron chi connectivity index (χ2n) is 5.56. The highest BCUT2D eigenvalue weighted by Crippen LogP contribution is 2.10. The molecule has 2 N–H and O–H groups in total. The largest absolute Gasteiger partial charge is 0.392 e. The normalized spacial score (nSPS) is 11.1. The average molecular weight is 442 g/mol. The Labute approximate surface area is 161 Å². The zero-order chi connectivity index (χ0) is 16.7. The maximum atomic E-state index is 9.42. The van der Waals surface area contributed by atoms with Crippen molar-refractivity contribution in [2.24, 2.45) is 12.0 Å². The molecule has 0 bridgehead atoms. The van der Waals surface area contributed by atoms with Gasteiger partial charge < -0.3 is 19.9 Å². The third-order valence-electron chi connectivity index (χ3n) is 3.83. The maximum Gasteiger partial charge on any atom is 0.194 e. The molecule has 0 atom stereocenters. The predicted molar refractivity (Wildman–Crippen MR) is 109 cm³/mol. The lowest BCUT2D eigenvalue weighted by Crippen LogP contribution is -2.38. The molecule has 2 aromatic rings. The summed E-state index contributed by atoms with van der Waals surface area (Å²) in [6.45, 7) is 4.26. The topological polar surface area (TPSA) is 52.8 Å². The molecule has 0 saturated heterocycles. The lowest BCUT2D eigenvalue weighted by molar-refractivity contribution is 0.280. The van der Waals surface area contributed by atoms with Gasteiger partial charge >= 0.3 is 0 Å². The monoisotopic (exact) mass is 442 g/mol. The van der Waals surface area contributed by atoms with E-state index in [2.05, 4.69) is 27.8 Å². The van der Waals surface area contributed by atoms with Gasteiger partial charge in [-0.1, -0.05) is 24.3 Å². The van der Waals surface area contributed by atoms with Crippen LogP contribution in [0, 0.1) is 0 Å². The van der Waals surface area contributed by atoms with Gasteiger partial charge in [0.05, 0.1) is 19.7 Å². The van der Waals surface area contributed by atoms with Crippen molar-refractivity contribution in [3.8, 4) is 0 Å². The van der Waals surface area contributed by atoms with Crippen molar-refractivity contribution in [3.05, 3.63) is 59.4 Å². The number of hydrogen-bond donors (Lipinski definition) is 2. The van der Waals surface area contributed by atoms with Crippen LogP contribution in [0.25, 0.3) is 0 Å². The molecule has 0 fully saturated rings. The van der Waals surface area contributed by atoms with Crippen LogP contribution in [0.5, 0.6) is 0 Å². The number of aliphatic imine (C=N–C) groups is 1. The van der Waals surface area contributed by atoms with E-state index in [1.807, 2.05) is 50.6 Å². The third-order valence-corrected chi connectivity index (χ3v) is 3.83. The van der Waals surface area contributed by atoms with Crippen LogP contribution < -0.4 is 5.32 Å². The van der Waals surface area contributed by atoms with Crippen LogP contribution in [-0.2, 0) is 26.7 Å². The molecule has 1 aromatic carbocycles. The molecule has 24 heavy (non-hydrogen) atoms. The summed E-state index contributed by atoms with van der Waals surface area (Å²) in [6.07, 6.45) is 2.05. The Morgan fingerprint density at radius 2 is 1.92 bits per heavy atom. The summed E-state index contributed by atoms with van der Waals surface area (Å²) in [7, 11) is 4.08. The summed E-state index contributed by atoms with van der Waals surface area (Å²) in [5.74, 6) is 0.862. The van der Waals surface area contributed by atoms with Gasteiger partial charge in [0.15, 0.2) is 5.96 Å². The molecule has 0 unspecified atom stereocenters. The molecule has 0 aliphatic carbocycles. The molecule has 132 valence electrons. The number of halogens is 1. The van der Waals surface area contributed by atoms with Crippen molar-refractivity contribution < 1.29 is 5.11 Å². The highest BCUT2D eigenvalue weighted by molar-refractivity contribution is 14.0. The average Bonchev–Trinajstić information content (AvgIpc) is 2.96. The third kappa shape index (κ3) is 5.52. The molecule has 6 heteroatoms. The summed E-state index contributed by atoms with van der Waals surface area (Å²) in [5, 5.41) is 12.7. The molecule has 0 saturated carbocycles. The van der Waals surface area contributed by atoms with Crippen LogP contribution in [0.4, 0.5) is 0 Å². The number of benzene rings is 1. The molecule has 1 aromatic heterocycles. The molecule has 5 nitrogen and oxygen atoms in total. The van der Waals surface area contributed by atoms with Crippen molar-refractivity contribution in [1.82, 2.24) is 14.8 Å². The fraction of sp³-hybridized carbons (Fsp3) is 0.389. The number of aryl methyl sites for hydroxylation is 1. The van der Waals surface area contributed by atoms with Gasteiger partial charge in [-0.05, 0) is 30.2 Å². The minimum absolute atomic E-state index is 0. The van der Waals surface area contributed by atoms with Crippen molar-refractivity contribution in [1.29, 1.82) is 0 Å². The number of nitrogens with one attached hydrogen (secondary N) is 1. The summed E-state index contributed by atoms with van der Waals surface area (Å²) in [6, 6.07) is 12.0. The van der Waals surface area contributed by atoms with Gasteiger partial charge in [-0.25, -0.2) is 4.99 Å².